The van der Waals surface area contributed by atoms with Gasteiger partial charge in [-0.3, -0.25) is 4.79 Å². The molecule has 1 aromatic carbocycles. The highest BCUT2D eigenvalue weighted by Crippen LogP contribution is 2.25. The van der Waals surface area contributed by atoms with Crippen molar-refractivity contribution in [3.63, 3.8) is 0 Å². The monoisotopic (exact) mass is 166 g/mol. The fraction of sp³-hybridized carbons (Fsp3) is 0.125. The topological polar surface area (TPSA) is 75.3 Å². The second-order valence-electron chi connectivity index (χ2n) is 2.31. The first-order valence-corrected chi connectivity index (χ1v) is 3.46. The van der Waals surface area contributed by atoms with E-state index in [4.69, 9.17) is 5.73 Å². The molecule has 0 aliphatic heterocycles. The number of hydrogen-bond acceptors (Lipinski definition) is 3. The Labute approximate surface area is 70.0 Å². The molecule has 1 amide bonds. The lowest BCUT2D eigenvalue weighted by molar-refractivity contribution is 0.100. The number of hydrogen-bond donors (Lipinski definition) is 3. The van der Waals surface area contributed by atoms with Gasteiger partial charge in [0, 0.05) is 7.05 Å². The van der Waals surface area contributed by atoms with E-state index in [1.54, 1.807) is 19.2 Å². The van der Waals surface area contributed by atoms with Crippen molar-refractivity contribution in [2.24, 2.45) is 5.73 Å². The maximum absolute atomic E-state index is 10.8. The van der Waals surface area contributed by atoms with E-state index in [1.165, 1.54) is 6.07 Å². The van der Waals surface area contributed by atoms with Crippen molar-refractivity contribution >= 4 is 11.6 Å². The predicted octanol–water partition coefficient (Wildman–Crippen LogP) is 0.533. The Hall–Kier alpha value is -1.71. The first-order valence-electron chi connectivity index (χ1n) is 3.46. The molecule has 64 valence electrons. The lowest BCUT2D eigenvalue weighted by Crippen LogP contribution is -2.13. The van der Waals surface area contributed by atoms with Crippen LogP contribution in [0.15, 0.2) is 18.2 Å². The van der Waals surface area contributed by atoms with Crippen LogP contribution in [-0.2, 0) is 0 Å². The molecule has 4 nitrogen and oxygen atoms in total. The third-order valence-corrected chi connectivity index (χ3v) is 1.56. The Balaban J connectivity index is 3.27. The van der Waals surface area contributed by atoms with E-state index in [9.17, 15) is 9.90 Å². The number of para-hydroxylation sites is 1. The maximum Gasteiger partial charge on any atom is 0.250 e. The van der Waals surface area contributed by atoms with Crippen LogP contribution in [0.4, 0.5) is 5.69 Å². The second kappa shape index (κ2) is 3.13. The van der Waals surface area contributed by atoms with E-state index in [-0.39, 0.29) is 11.3 Å². The van der Waals surface area contributed by atoms with Crippen LogP contribution in [0, 0.1) is 0 Å². The summed E-state index contributed by atoms with van der Waals surface area (Å²) in [5, 5.41) is 12.0. The molecule has 0 radical (unpaired) electrons. The second-order valence-corrected chi connectivity index (χ2v) is 2.31. The Morgan fingerprint density at radius 1 is 1.58 bits per heavy atom. The first kappa shape index (κ1) is 8.39. The summed E-state index contributed by atoms with van der Waals surface area (Å²) < 4.78 is 0. The number of primary amides is 1. The van der Waals surface area contributed by atoms with Crippen molar-refractivity contribution in [2.45, 2.75) is 0 Å². The van der Waals surface area contributed by atoms with Gasteiger partial charge in [-0.15, -0.1) is 0 Å². The van der Waals surface area contributed by atoms with Crippen LogP contribution >= 0.6 is 0 Å². The highest BCUT2D eigenvalue weighted by Gasteiger charge is 2.09. The molecule has 12 heavy (non-hydrogen) atoms. The van der Waals surface area contributed by atoms with Gasteiger partial charge in [0.2, 0.25) is 0 Å². The lowest BCUT2D eigenvalue weighted by Gasteiger charge is -2.06. The highest BCUT2D eigenvalue weighted by atomic mass is 16.3. The summed E-state index contributed by atoms with van der Waals surface area (Å²) in [6, 6.07) is 4.60. The zero-order valence-corrected chi connectivity index (χ0v) is 6.66. The molecule has 0 saturated heterocycles. The number of anilines is 1. The van der Waals surface area contributed by atoms with Gasteiger partial charge in [-0.05, 0) is 12.1 Å². The fourth-order valence-electron chi connectivity index (χ4n) is 1.01. The zero-order chi connectivity index (χ0) is 9.14. The van der Waals surface area contributed by atoms with Gasteiger partial charge in [0.25, 0.3) is 5.91 Å². The summed E-state index contributed by atoms with van der Waals surface area (Å²) in [7, 11) is 1.61. The molecule has 1 rings (SSSR count). The summed E-state index contributed by atoms with van der Waals surface area (Å²) in [6.45, 7) is 0. The molecular weight excluding hydrogens is 156 g/mol. The van der Waals surface area contributed by atoms with Crippen molar-refractivity contribution < 1.29 is 9.90 Å². The predicted molar refractivity (Wildman–Crippen MR) is 46.2 cm³/mol. The van der Waals surface area contributed by atoms with Crippen molar-refractivity contribution in [1.29, 1.82) is 0 Å². The zero-order valence-electron chi connectivity index (χ0n) is 6.66. The number of nitrogens with one attached hydrogen (secondary N) is 1. The fourth-order valence-corrected chi connectivity index (χ4v) is 1.01. The molecule has 1 aromatic rings. The summed E-state index contributed by atoms with van der Waals surface area (Å²) in [4.78, 5) is 10.8. The van der Waals surface area contributed by atoms with Crippen LogP contribution in [0.25, 0.3) is 0 Å². The molecule has 0 atom stereocenters. The molecule has 4 heteroatoms. The molecule has 0 fully saturated rings. The number of benzene rings is 1. The van der Waals surface area contributed by atoms with Gasteiger partial charge in [-0.2, -0.15) is 0 Å². The largest absolute Gasteiger partial charge is 0.506 e. The third-order valence-electron chi connectivity index (χ3n) is 1.56. The van der Waals surface area contributed by atoms with E-state index in [2.05, 4.69) is 5.32 Å². The van der Waals surface area contributed by atoms with Gasteiger partial charge in [-0.1, -0.05) is 6.07 Å². The summed E-state index contributed by atoms with van der Waals surface area (Å²) >= 11 is 0. The van der Waals surface area contributed by atoms with E-state index < -0.39 is 5.91 Å². The van der Waals surface area contributed by atoms with Crippen LogP contribution in [0.3, 0.4) is 0 Å². The molecule has 0 heterocycles. The normalized spacial score (nSPS) is 9.42. The summed E-state index contributed by atoms with van der Waals surface area (Å²) in [6.07, 6.45) is 0. The first-order chi connectivity index (χ1) is 5.66. The van der Waals surface area contributed by atoms with Gasteiger partial charge in [0.05, 0.1) is 11.3 Å². The standard InChI is InChI=1S/C8H10N2O2/c1-10-7-5(8(9)12)3-2-4-6(7)11/h2-4,10-11H,1H3,(H2,9,12). The molecule has 0 aliphatic rings. The van der Waals surface area contributed by atoms with E-state index in [0.29, 0.717) is 5.69 Å². The minimum absolute atomic E-state index is 0.0220. The van der Waals surface area contributed by atoms with Crippen molar-refractivity contribution in [2.75, 3.05) is 12.4 Å². The number of carbonyl (C=O) groups is 1. The van der Waals surface area contributed by atoms with Crippen LogP contribution < -0.4 is 11.1 Å². The van der Waals surface area contributed by atoms with Crippen molar-refractivity contribution in [3.8, 4) is 5.75 Å². The van der Waals surface area contributed by atoms with Crippen molar-refractivity contribution in [3.05, 3.63) is 23.8 Å². The molecule has 0 unspecified atom stereocenters. The Kier molecular flexibility index (Phi) is 2.19. The van der Waals surface area contributed by atoms with Gasteiger partial charge >= 0.3 is 0 Å². The number of nitrogens with two attached hydrogens (primary N) is 1. The molecule has 0 saturated carbocycles. The average Bonchev–Trinajstić information content (AvgIpc) is 2.03. The maximum atomic E-state index is 10.8. The summed E-state index contributed by atoms with van der Waals surface area (Å²) in [5.41, 5.74) is 5.72. The Morgan fingerprint density at radius 3 is 2.67 bits per heavy atom. The number of rotatable bonds is 2. The van der Waals surface area contributed by atoms with Gasteiger partial charge < -0.3 is 16.2 Å². The number of phenols is 1. The van der Waals surface area contributed by atoms with Crippen LogP contribution in [0.1, 0.15) is 10.4 Å². The molecule has 0 aliphatic carbocycles. The van der Waals surface area contributed by atoms with Crippen LogP contribution in [0.2, 0.25) is 0 Å². The molecule has 0 spiro atoms. The smallest absolute Gasteiger partial charge is 0.250 e. The molecule has 4 N–H and O–H groups in total. The quantitative estimate of drug-likeness (QED) is 0.561. The third kappa shape index (κ3) is 1.32. The van der Waals surface area contributed by atoms with Crippen LogP contribution in [0.5, 0.6) is 5.75 Å². The van der Waals surface area contributed by atoms with Crippen LogP contribution in [-0.4, -0.2) is 18.1 Å². The van der Waals surface area contributed by atoms with Gasteiger partial charge in [-0.25, -0.2) is 0 Å². The molecule has 0 bridgehead atoms. The van der Waals surface area contributed by atoms with Gasteiger partial charge in [0.15, 0.2) is 0 Å². The number of phenolic OH excluding ortho intramolecular Hbond substituents is 1. The van der Waals surface area contributed by atoms with E-state index >= 15 is 0 Å². The van der Waals surface area contributed by atoms with E-state index in [1.807, 2.05) is 0 Å². The molecule has 0 aromatic heterocycles. The number of amides is 1. The Morgan fingerprint density at radius 2 is 2.25 bits per heavy atom. The SMILES string of the molecule is CNc1c(O)cccc1C(N)=O. The van der Waals surface area contributed by atoms with Gasteiger partial charge in [0.1, 0.15) is 5.75 Å². The lowest BCUT2D eigenvalue weighted by atomic mass is 10.1. The van der Waals surface area contributed by atoms with E-state index in [0.717, 1.165) is 0 Å². The van der Waals surface area contributed by atoms with Crippen molar-refractivity contribution in [1.82, 2.24) is 0 Å². The minimum atomic E-state index is -0.560. The Bertz CT molecular complexity index is 310. The number of carbonyl (C=O) groups excluding carboxylic acids is 1. The number of aromatic hydroxyl groups is 1. The minimum Gasteiger partial charge on any atom is -0.506 e. The molecular formula is C8H10N2O2. The summed E-state index contributed by atoms with van der Waals surface area (Å²) in [5.74, 6) is -0.538. The highest BCUT2D eigenvalue weighted by molar-refractivity contribution is 5.99. The average molecular weight is 166 g/mol.